The van der Waals surface area contributed by atoms with Crippen molar-refractivity contribution in [1.82, 2.24) is 9.88 Å². The van der Waals surface area contributed by atoms with Crippen LogP contribution in [0, 0.1) is 11.8 Å². The predicted molar refractivity (Wildman–Crippen MR) is 157 cm³/mol. The van der Waals surface area contributed by atoms with Crippen molar-refractivity contribution in [2.45, 2.75) is 57.1 Å². The third kappa shape index (κ3) is 5.76. The Labute approximate surface area is 239 Å². The Hall–Kier alpha value is -2.38. The first-order valence-electron chi connectivity index (χ1n) is 14.1. The third-order valence-electron chi connectivity index (χ3n) is 8.71. The fourth-order valence-corrected chi connectivity index (χ4v) is 6.71. The fraction of sp³-hybridized carbons (Fsp3) is 0.484. The quantitative estimate of drug-likeness (QED) is 0.280. The molecule has 2 aromatic carbocycles. The molecule has 1 unspecified atom stereocenters. The van der Waals surface area contributed by atoms with E-state index in [4.69, 9.17) is 27.9 Å². The number of aromatic nitrogens is 1. The molecule has 1 atom stereocenters. The number of phenols is 1. The van der Waals surface area contributed by atoms with Gasteiger partial charge in [-0.2, -0.15) is 0 Å². The summed E-state index contributed by atoms with van der Waals surface area (Å²) >= 11 is 12.4. The molecule has 3 aliphatic rings. The molecule has 2 saturated carbocycles. The molecule has 6 rings (SSSR count). The minimum Gasteiger partial charge on any atom is -0.505 e. The van der Waals surface area contributed by atoms with Gasteiger partial charge in [-0.05, 0) is 86.3 Å². The van der Waals surface area contributed by atoms with E-state index in [9.17, 15) is 9.90 Å². The number of nitrogens with one attached hydrogen (secondary N) is 1. The van der Waals surface area contributed by atoms with Crippen molar-refractivity contribution < 1.29 is 14.6 Å². The van der Waals surface area contributed by atoms with Gasteiger partial charge in [-0.25, -0.2) is 0 Å². The van der Waals surface area contributed by atoms with Crippen LogP contribution in [-0.4, -0.2) is 59.7 Å². The van der Waals surface area contributed by atoms with Gasteiger partial charge in [0.15, 0.2) is 11.5 Å². The topological polar surface area (TPSA) is 74.7 Å². The minimum atomic E-state index is -0.122. The SMILES string of the molecule is COC1CCN(C[C@H]2CC[C@H](Nc3c(C(=O)C4CC4)cnc4ccc(-c5cc(Cl)c(O)c(Cl)c5)cc34)CC2)C1. The van der Waals surface area contributed by atoms with Gasteiger partial charge in [0.2, 0.25) is 0 Å². The summed E-state index contributed by atoms with van der Waals surface area (Å²) < 4.78 is 5.55. The minimum absolute atomic E-state index is 0.106. The van der Waals surface area contributed by atoms with E-state index < -0.39 is 0 Å². The number of hydrogen-bond acceptors (Lipinski definition) is 6. The molecule has 206 valence electrons. The van der Waals surface area contributed by atoms with E-state index in [2.05, 4.69) is 21.3 Å². The summed E-state index contributed by atoms with van der Waals surface area (Å²) in [5.41, 5.74) is 4.11. The molecule has 0 bridgehead atoms. The number of pyridine rings is 1. The molecule has 3 aromatic rings. The number of aromatic hydroxyl groups is 1. The maximum absolute atomic E-state index is 13.3. The summed E-state index contributed by atoms with van der Waals surface area (Å²) in [5, 5.41) is 15.2. The van der Waals surface area contributed by atoms with E-state index in [0.29, 0.717) is 23.6 Å². The van der Waals surface area contributed by atoms with E-state index in [1.165, 1.54) is 12.8 Å². The number of Topliss-reactive ketones (excluding diaryl/α,β-unsaturated/α-hetero) is 1. The Morgan fingerprint density at radius 1 is 1.05 bits per heavy atom. The predicted octanol–water partition coefficient (Wildman–Crippen LogP) is 7.20. The highest BCUT2D eigenvalue weighted by Gasteiger charge is 2.34. The van der Waals surface area contributed by atoms with Gasteiger partial charge in [0, 0.05) is 50.3 Å². The van der Waals surface area contributed by atoms with Crippen LogP contribution in [0.15, 0.2) is 36.5 Å². The van der Waals surface area contributed by atoms with Gasteiger partial charge >= 0.3 is 0 Å². The number of ether oxygens (including phenoxy) is 1. The molecule has 3 fully saturated rings. The van der Waals surface area contributed by atoms with Crippen molar-refractivity contribution in [2.75, 3.05) is 32.1 Å². The van der Waals surface area contributed by atoms with Gasteiger partial charge in [0.1, 0.15) is 0 Å². The second-order valence-corrected chi connectivity index (χ2v) is 12.3. The van der Waals surface area contributed by atoms with Crippen LogP contribution in [0.25, 0.3) is 22.0 Å². The monoisotopic (exact) mass is 567 g/mol. The van der Waals surface area contributed by atoms with E-state index in [-0.39, 0.29) is 27.5 Å². The number of halogens is 2. The number of likely N-dealkylation sites (tertiary alicyclic amines) is 1. The molecule has 2 N–H and O–H groups in total. The Bertz CT molecular complexity index is 1360. The average molecular weight is 569 g/mol. The lowest BCUT2D eigenvalue weighted by Gasteiger charge is -2.32. The average Bonchev–Trinajstić information content (AvgIpc) is 3.70. The zero-order valence-corrected chi connectivity index (χ0v) is 23.8. The van der Waals surface area contributed by atoms with Crippen molar-refractivity contribution in [2.24, 2.45) is 11.8 Å². The van der Waals surface area contributed by atoms with Crippen LogP contribution in [0.1, 0.15) is 55.3 Å². The number of phenolic OH excluding ortho intramolecular Hbond substituents is 1. The largest absolute Gasteiger partial charge is 0.505 e. The lowest BCUT2D eigenvalue weighted by atomic mass is 9.85. The summed E-state index contributed by atoms with van der Waals surface area (Å²) in [6.45, 7) is 3.33. The summed E-state index contributed by atoms with van der Waals surface area (Å²) in [6.07, 6.45) is 9.68. The number of ketones is 1. The van der Waals surface area contributed by atoms with Gasteiger partial charge in [-0.3, -0.25) is 9.78 Å². The van der Waals surface area contributed by atoms with Crippen molar-refractivity contribution >= 4 is 45.6 Å². The number of rotatable bonds is 8. The number of carbonyl (C=O) groups excluding carboxylic acids is 1. The molecule has 6 nitrogen and oxygen atoms in total. The summed E-state index contributed by atoms with van der Waals surface area (Å²) in [6, 6.07) is 9.72. The molecule has 1 aliphatic heterocycles. The second-order valence-electron chi connectivity index (χ2n) is 11.5. The van der Waals surface area contributed by atoms with Crippen molar-refractivity contribution in [1.29, 1.82) is 0 Å². The molecular formula is C31H35Cl2N3O3. The van der Waals surface area contributed by atoms with Crippen molar-refractivity contribution in [3.63, 3.8) is 0 Å². The van der Waals surface area contributed by atoms with Gasteiger partial charge in [0.25, 0.3) is 0 Å². The highest BCUT2D eigenvalue weighted by molar-refractivity contribution is 6.37. The summed E-state index contributed by atoms with van der Waals surface area (Å²) in [4.78, 5) is 20.6. The number of hydrogen-bond donors (Lipinski definition) is 2. The molecule has 1 aromatic heterocycles. The van der Waals surface area contributed by atoms with Gasteiger partial charge in [0.05, 0.1) is 32.9 Å². The van der Waals surface area contributed by atoms with Gasteiger partial charge in [-0.1, -0.05) is 29.3 Å². The Morgan fingerprint density at radius 2 is 1.79 bits per heavy atom. The van der Waals surface area contributed by atoms with Crippen LogP contribution in [0.4, 0.5) is 5.69 Å². The van der Waals surface area contributed by atoms with E-state index in [1.807, 2.05) is 19.2 Å². The molecule has 2 heterocycles. The van der Waals surface area contributed by atoms with Crippen molar-refractivity contribution in [3.05, 3.63) is 52.1 Å². The second kappa shape index (κ2) is 11.2. The lowest BCUT2D eigenvalue weighted by molar-refractivity contribution is 0.0968. The molecule has 0 spiro atoms. The number of carbonyl (C=O) groups is 1. The summed E-state index contributed by atoms with van der Waals surface area (Å²) in [5.74, 6) is 0.873. The molecule has 1 saturated heterocycles. The third-order valence-corrected chi connectivity index (χ3v) is 9.28. The Morgan fingerprint density at radius 3 is 2.46 bits per heavy atom. The van der Waals surface area contributed by atoms with Gasteiger partial charge in [-0.15, -0.1) is 0 Å². The highest BCUT2D eigenvalue weighted by Crippen LogP contribution is 2.41. The van der Waals surface area contributed by atoms with Gasteiger partial charge < -0.3 is 20.1 Å². The van der Waals surface area contributed by atoms with Crippen LogP contribution in [0.3, 0.4) is 0 Å². The molecule has 2 aliphatic carbocycles. The van der Waals surface area contributed by atoms with Crippen molar-refractivity contribution in [3.8, 4) is 16.9 Å². The number of fused-ring (bicyclic) bond motifs is 1. The molecular weight excluding hydrogens is 533 g/mol. The first-order valence-corrected chi connectivity index (χ1v) is 14.8. The highest BCUT2D eigenvalue weighted by atomic mass is 35.5. The first kappa shape index (κ1) is 26.8. The zero-order valence-electron chi connectivity index (χ0n) is 22.3. The molecule has 0 amide bonds. The van der Waals surface area contributed by atoms with Crippen LogP contribution in [0.2, 0.25) is 10.0 Å². The van der Waals surface area contributed by atoms with Crippen LogP contribution < -0.4 is 5.32 Å². The molecule has 0 radical (unpaired) electrons. The number of nitrogens with zero attached hydrogens (tertiary/aromatic N) is 2. The van der Waals surface area contributed by atoms with E-state index in [1.54, 1.807) is 18.3 Å². The van der Waals surface area contributed by atoms with Crippen LogP contribution in [-0.2, 0) is 4.74 Å². The van der Waals surface area contributed by atoms with E-state index in [0.717, 1.165) is 79.5 Å². The standard InChI is InChI=1S/C31H35Cl2N3O3/c1-39-23-10-11-36(17-23)16-18-2-7-22(8-3-18)35-29-24-12-20(21-13-26(32)31(38)27(33)14-21)6-9-28(24)34-15-25(29)30(37)19-4-5-19/h6,9,12-15,18-19,22-23,38H,2-5,7-8,10-11,16-17H2,1H3,(H,34,35)/t18-,22-,23?. The Kier molecular flexibility index (Phi) is 7.73. The first-order chi connectivity index (χ1) is 18.9. The molecule has 8 heteroatoms. The zero-order chi connectivity index (χ0) is 27.1. The number of methoxy groups -OCH3 is 1. The number of anilines is 1. The fourth-order valence-electron chi connectivity index (χ4n) is 6.23. The molecule has 39 heavy (non-hydrogen) atoms. The van der Waals surface area contributed by atoms with Crippen LogP contribution >= 0.6 is 23.2 Å². The normalized spacial score (nSPS) is 23.8. The van der Waals surface area contributed by atoms with E-state index >= 15 is 0 Å². The lowest BCUT2D eigenvalue weighted by Crippen LogP contribution is -2.34. The summed E-state index contributed by atoms with van der Waals surface area (Å²) in [7, 11) is 1.81. The maximum Gasteiger partial charge on any atom is 0.169 e. The van der Waals surface area contributed by atoms with Crippen LogP contribution in [0.5, 0.6) is 5.75 Å². The number of benzene rings is 2. The Balaban J connectivity index is 1.26. The smallest absolute Gasteiger partial charge is 0.169 e. The maximum atomic E-state index is 13.3.